The molecule has 20 heavy (non-hydrogen) atoms. The van der Waals surface area contributed by atoms with Gasteiger partial charge >= 0.3 is 6.61 Å². The maximum absolute atomic E-state index is 11.9. The Morgan fingerprint density at radius 3 is 2.55 bits per heavy atom. The largest absolute Gasteiger partial charge is 0.435 e. The first-order valence-electron chi connectivity index (χ1n) is 5.99. The van der Waals surface area contributed by atoms with E-state index >= 15 is 0 Å². The zero-order valence-corrected chi connectivity index (χ0v) is 11.1. The van der Waals surface area contributed by atoms with Gasteiger partial charge in [-0.15, -0.1) is 0 Å². The smallest absolute Gasteiger partial charge is 0.387 e. The van der Waals surface area contributed by atoms with Crippen molar-refractivity contribution in [2.24, 2.45) is 0 Å². The maximum atomic E-state index is 11.9. The van der Waals surface area contributed by atoms with E-state index in [1.54, 1.807) is 19.2 Å². The molecule has 0 saturated heterocycles. The van der Waals surface area contributed by atoms with Crippen LogP contribution in [0.25, 0.3) is 0 Å². The van der Waals surface area contributed by atoms with Crippen LogP contribution in [0.2, 0.25) is 0 Å². The van der Waals surface area contributed by atoms with E-state index < -0.39 is 6.61 Å². The number of nitrogens with one attached hydrogen (secondary N) is 1. The minimum absolute atomic E-state index is 0.0457. The third kappa shape index (κ3) is 7.01. The van der Waals surface area contributed by atoms with Crippen LogP contribution in [-0.4, -0.2) is 39.4 Å². The number of benzene rings is 1. The van der Waals surface area contributed by atoms with Crippen molar-refractivity contribution in [3.8, 4) is 5.75 Å². The molecule has 0 fully saturated rings. The zero-order valence-electron chi connectivity index (χ0n) is 11.1. The van der Waals surface area contributed by atoms with Crippen LogP contribution in [0.4, 0.5) is 8.78 Å². The van der Waals surface area contributed by atoms with Crippen LogP contribution < -0.4 is 10.1 Å². The number of ether oxygens (including phenoxy) is 3. The molecule has 112 valence electrons. The van der Waals surface area contributed by atoms with Gasteiger partial charge in [-0.05, 0) is 17.7 Å². The van der Waals surface area contributed by atoms with Crippen LogP contribution in [0.15, 0.2) is 24.3 Å². The van der Waals surface area contributed by atoms with Crippen molar-refractivity contribution in [3.63, 3.8) is 0 Å². The van der Waals surface area contributed by atoms with Crippen LogP contribution in [0.3, 0.4) is 0 Å². The highest BCUT2D eigenvalue weighted by Gasteiger charge is 2.04. The summed E-state index contributed by atoms with van der Waals surface area (Å²) in [7, 11) is 1.55. The third-order valence-corrected chi connectivity index (χ3v) is 2.30. The van der Waals surface area contributed by atoms with E-state index in [1.165, 1.54) is 12.1 Å². The molecule has 0 heterocycles. The van der Waals surface area contributed by atoms with Crippen LogP contribution in [-0.2, 0) is 20.8 Å². The molecular formula is C13H17F2NO4. The summed E-state index contributed by atoms with van der Waals surface area (Å²) in [5, 5.41) is 2.64. The molecule has 0 aromatic heterocycles. The van der Waals surface area contributed by atoms with Crippen LogP contribution in [0.5, 0.6) is 5.75 Å². The van der Waals surface area contributed by atoms with Crippen molar-refractivity contribution >= 4 is 5.91 Å². The number of alkyl halides is 2. The molecule has 0 bridgehead atoms. The number of methoxy groups -OCH3 is 1. The third-order valence-electron chi connectivity index (χ3n) is 2.30. The Labute approximate surface area is 115 Å². The van der Waals surface area contributed by atoms with Crippen molar-refractivity contribution in [3.05, 3.63) is 29.8 Å². The summed E-state index contributed by atoms with van der Waals surface area (Å²) in [5.41, 5.74) is 0.775. The summed E-state index contributed by atoms with van der Waals surface area (Å²) in [5.74, 6) is -0.174. The summed E-state index contributed by atoms with van der Waals surface area (Å²) in [4.78, 5) is 11.4. The van der Waals surface area contributed by atoms with Crippen molar-refractivity contribution in [2.45, 2.75) is 13.2 Å². The highest BCUT2D eigenvalue weighted by Crippen LogP contribution is 2.14. The molecule has 1 aromatic rings. The van der Waals surface area contributed by atoms with E-state index in [-0.39, 0.29) is 18.3 Å². The molecule has 0 saturated carbocycles. The zero-order chi connectivity index (χ0) is 14.8. The first-order chi connectivity index (χ1) is 9.61. The Morgan fingerprint density at radius 1 is 1.25 bits per heavy atom. The summed E-state index contributed by atoms with van der Waals surface area (Å²) in [6, 6.07) is 6.04. The predicted molar refractivity (Wildman–Crippen MR) is 67.6 cm³/mol. The van der Waals surface area contributed by atoms with E-state index in [0.717, 1.165) is 5.56 Å². The topological polar surface area (TPSA) is 56.8 Å². The quantitative estimate of drug-likeness (QED) is 0.701. The van der Waals surface area contributed by atoms with Crippen molar-refractivity contribution in [1.29, 1.82) is 0 Å². The minimum atomic E-state index is -2.84. The van der Waals surface area contributed by atoms with Crippen LogP contribution >= 0.6 is 0 Å². The maximum Gasteiger partial charge on any atom is 0.387 e. The highest BCUT2D eigenvalue weighted by atomic mass is 19.3. The SMILES string of the molecule is COCCOCC(=O)NCc1ccc(OC(F)F)cc1. The summed E-state index contributed by atoms with van der Waals surface area (Å²) < 4.78 is 37.9. The Kier molecular flexibility index (Phi) is 7.52. The van der Waals surface area contributed by atoms with E-state index in [9.17, 15) is 13.6 Å². The predicted octanol–water partition coefficient (Wildman–Crippen LogP) is 1.57. The number of carbonyl (C=O) groups is 1. The second-order valence-corrected chi connectivity index (χ2v) is 3.84. The Balaban J connectivity index is 2.25. The first-order valence-corrected chi connectivity index (χ1v) is 5.99. The fraction of sp³-hybridized carbons (Fsp3) is 0.462. The van der Waals surface area contributed by atoms with Crippen molar-refractivity contribution in [1.82, 2.24) is 5.32 Å². The fourth-order valence-electron chi connectivity index (χ4n) is 1.35. The Hall–Kier alpha value is -1.73. The average molecular weight is 289 g/mol. The molecule has 0 aliphatic heterocycles. The lowest BCUT2D eigenvalue weighted by Crippen LogP contribution is -2.27. The van der Waals surface area contributed by atoms with Gasteiger partial charge < -0.3 is 19.5 Å². The van der Waals surface area contributed by atoms with Gasteiger partial charge in [0.2, 0.25) is 5.91 Å². The fourth-order valence-corrected chi connectivity index (χ4v) is 1.35. The second-order valence-electron chi connectivity index (χ2n) is 3.84. The molecular weight excluding hydrogens is 272 g/mol. The summed E-state index contributed by atoms with van der Waals surface area (Å²) in [6.07, 6.45) is 0. The average Bonchev–Trinajstić information content (AvgIpc) is 2.42. The van der Waals surface area contributed by atoms with Gasteiger partial charge in [0.25, 0.3) is 0 Å². The van der Waals surface area contributed by atoms with E-state index in [4.69, 9.17) is 9.47 Å². The number of rotatable bonds is 9. The number of carbonyl (C=O) groups excluding carboxylic acids is 1. The van der Waals surface area contributed by atoms with Gasteiger partial charge in [0.05, 0.1) is 13.2 Å². The van der Waals surface area contributed by atoms with Gasteiger partial charge in [-0.25, -0.2) is 0 Å². The number of halogens is 2. The van der Waals surface area contributed by atoms with Gasteiger partial charge in [0.1, 0.15) is 12.4 Å². The van der Waals surface area contributed by atoms with Gasteiger partial charge in [-0.1, -0.05) is 12.1 Å². The normalized spacial score (nSPS) is 10.6. The van der Waals surface area contributed by atoms with Crippen LogP contribution in [0.1, 0.15) is 5.56 Å². The van der Waals surface area contributed by atoms with Crippen molar-refractivity contribution in [2.75, 3.05) is 26.9 Å². The minimum Gasteiger partial charge on any atom is -0.435 e. The molecule has 1 aromatic carbocycles. The number of hydrogen-bond donors (Lipinski definition) is 1. The molecule has 0 aliphatic carbocycles. The summed E-state index contributed by atoms with van der Waals surface area (Å²) in [6.45, 7) is -1.82. The lowest BCUT2D eigenvalue weighted by atomic mass is 10.2. The molecule has 5 nitrogen and oxygen atoms in total. The van der Waals surface area contributed by atoms with E-state index in [1.807, 2.05) is 0 Å². The molecule has 1 N–H and O–H groups in total. The van der Waals surface area contributed by atoms with E-state index in [0.29, 0.717) is 19.8 Å². The van der Waals surface area contributed by atoms with Gasteiger partial charge in [-0.2, -0.15) is 8.78 Å². The monoisotopic (exact) mass is 289 g/mol. The van der Waals surface area contributed by atoms with E-state index in [2.05, 4.69) is 10.1 Å². The van der Waals surface area contributed by atoms with Gasteiger partial charge in [0.15, 0.2) is 0 Å². The van der Waals surface area contributed by atoms with Crippen molar-refractivity contribution < 1.29 is 27.8 Å². The summed E-state index contributed by atoms with van der Waals surface area (Å²) >= 11 is 0. The molecule has 1 rings (SSSR count). The lowest BCUT2D eigenvalue weighted by molar-refractivity contribution is -0.126. The number of amides is 1. The molecule has 7 heteroatoms. The second kappa shape index (κ2) is 9.22. The molecule has 0 aliphatic rings. The Morgan fingerprint density at radius 2 is 1.95 bits per heavy atom. The molecule has 0 atom stereocenters. The first kappa shape index (κ1) is 16.3. The standard InChI is InChI=1S/C13H17F2NO4/c1-18-6-7-19-9-12(17)16-8-10-2-4-11(5-3-10)20-13(14)15/h2-5,13H,6-9H2,1H3,(H,16,17). The lowest BCUT2D eigenvalue weighted by Gasteiger charge is -2.08. The molecule has 1 amide bonds. The van der Waals surface area contributed by atoms with Gasteiger partial charge in [0, 0.05) is 13.7 Å². The molecule has 0 spiro atoms. The number of hydrogen-bond acceptors (Lipinski definition) is 4. The highest BCUT2D eigenvalue weighted by molar-refractivity contribution is 5.77. The Bertz CT molecular complexity index is 398. The molecule has 0 unspecified atom stereocenters. The van der Waals surface area contributed by atoms with Crippen LogP contribution in [0, 0.1) is 0 Å². The van der Waals surface area contributed by atoms with Gasteiger partial charge in [-0.3, -0.25) is 4.79 Å². The molecule has 0 radical (unpaired) electrons.